The molecule has 2 atom stereocenters. The van der Waals surface area contributed by atoms with Crippen LogP contribution in [0.25, 0.3) is 0 Å². The number of ether oxygens (including phenoxy) is 1. The van der Waals surface area contributed by atoms with Gasteiger partial charge >= 0.3 is 0 Å². The van der Waals surface area contributed by atoms with Gasteiger partial charge in [0.15, 0.2) is 0 Å². The molecule has 1 fully saturated rings. The van der Waals surface area contributed by atoms with Crippen LogP contribution in [0.2, 0.25) is 0 Å². The third kappa shape index (κ3) is 3.92. The minimum atomic E-state index is -0.375. The fourth-order valence-corrected chi connectivity index (χ4v) is 3.35. The Hall–Kier alpha value is -1.11. The Morgan fingerprint density at radius 1 is 1.47 bits per heavy atom. The number of thioether (sulfide) groups is 1. The standard InChI is InChI=1S/C13H18N2O3S/c1-2-14-12-7-8-18-9-13(12)19-11-5-3-10(4-6-11)15(16)17/h3-6,12-14H,2,7-9H2,1H3. The second-order valence-electron chi connectivity index (χ2n) is 4.44. The van der Waals surface area contributed by atoms with Gasteiger partial charge in [-0.25, -0.2) is 0 Å². The molecule has 0 aromatic heterocycles. The quantitative estimate of drug-likeness (QED) is 0.664. The van der Waals surface area contributed by atoms with E-state index in [2.05, 4.69) is 12.2 Å². The molecule has 2 rings (SSSR count). The van der Waals surface area contributed by atoms with Gasteiger partial charge in [-0.3, -0.25) is 10.1 Å². The fourth-order valence-electron chi connectivity index (χ4n) is 2.14. The van der Waals surface area contributed by atoms with Crippen LogP contribution in [0.1, 0.15) is 13.3 Å². The molecule has 0 aliphatic carbocycles. The highest BCUT2D eigenvalue weighted by Crippen LogP contribution is 2.30. The molecule has 1 aliphatic rings. The number of hydrogen-bond acceptors (Lipinski definition) is 5. The van der Waals surface area contributed by atoms with E-state index < -0.39 is 0 Å². The molecule has 1 saturated heterocycles. The van der Waals surface area contributed by atoms with Gasteiger partial charge in [0, 0.05) is 34.9 Å². The highest BCUT2D eigenvalue weighted by Gasteiger charge is 2.25. The predicted molar refractivity (Wildman–Crippen MR) is 75.6 cm³/mol. The van der Waals surface area contributed by atoms with Gasteiger partial charge in [-0.15, -0.1) is 11.8 Å². The summed E-state index contributed by atoms with van der Waals surface area (Å²) in [6.45, 7) is 4.57. The lowest BCUT2D eigenvalue weighted by Crippen LogP contribution is -2.44. The Labute approximate surface area is 116 Å². The van der Waals surface area contributed by atoms with Crippen molar-refractivity contribution in [3.8, 4) is 0 Å². The number of nitro benzene ring substituents is 1. The molecule has 0 amide bonds. The van der Waals surface area contributed by atoms with Crippen LogP contribution in [0.15, 0.2) is 29.2 Å². The number of nitro groups is 1. The van der Waals surface area contributed by atoms with Crippen molar-refractivity contribution in [2.24, 2.45) is 0 Å². The number of rotatable bonds is 5. The number of nitrogens with zero attached hydrogens (tertiary/aromatic N) is 1. The highest BCUT2D eigenvalue weighted by atomic mass is 32.2. The zero-order valence-corrected chi connectivity index (χ0v) is 11.7. The molecular formula is C13H18N2O3S. The molecule has 1 N–H and O–H groups in total. The molecule has 1 heterocycles. The average molecular weight is 282 g/mol. The SMILES string of the molecule is CCNC1CCOCC1Sc1ccc([N+](=O)[O-])cc1. The third-order valence-electron chi connectivity index (χ3n) is 3.11. The van der Waals surface area contributed by atoms with E-state index in [1.54, 1.807) is 36.0 Å². The van der Waals surface area contributed by atoms with Crippen LogP contribution in [0, 0.1) is 10.1 Å². The lowest BCUT2D eigenvalue weighted by atomic mass is 10.1. The van der Waals surface area contributed by atoms with Crippen LogP contribution < -0.4 is 5.32 Å². The van der Waals surface area contributed by atoms with Crippen molar-refractivity contribution in [1.29, 1.82) is 0 Å². The smallest absolute Gasteiger partial charge is 0.269 e. The summed E-state index contributed by atoms with van der Waals surface area (Å²) in [5.74, 6) is 0. The molecule has 0 saturated carbocycles. The summed E-state index contributed by atoms with van der Waals surface area (Å²) in [7, 11) is 0. The summed E-state index contributed by atoms with van der Waals surface area (Å²) in [6, 6.07) is 7.16. The van der Waals surface area contributed by atoms with Crippen molar-refractivity contribution in [3.05, 3.63) is 34.4 Å². The molecule has 0 radical (unpaired) electrons. The Morgan fingerprint density at radius 3 is 2.84 bits per heavy atom. The van der Waals surface area contributed by atoms with Crippen LogP contribution in [-0.4, -0.2) is 36.0 Å². The summed E-state index contributed by atoms with van der Waals surface area (Å²) in [6.07, 6.45) is 1.01. The first-order chi connectivity index (χ1) is 9.20. The van der Waals surface area contributed by atoms with Crippen LogP contribution in [-0.2, 0) is 4.74 Å². The second-order valence-corrected chi connectivity index (χ2v) is 5.75. The summed E-state index contributed by atoms with van der Waals surface area (Å²) >= 11 is 1.72. The summed E-state index contributed by atoms with van der Waals surface area (Å²) in [4.78, 5) is 11.3. The summed E-state index contributed by atoms with van der Waals surface area (Å²) in [5, 5.41) is 14.4. The van der Waals surface area contributed by atoms with E-state index in [1.807, 2.05) is 0 Å². The van der Waals surface area contributed by atoms with Crippen LogP contribution in [0.3, 0.4) is 0 Å². The lowest BCUT2D eigenvalue weighted by molar-refractivity contribution is -0.384. The number of nitrogens with one attached hydrogen (secondary N) is 1. The summed E-state index contributed by atoms with van der Waals surface area (Å²) in [5.41, 5.74) is 0.132. The molecular weight excluding hydrogens is 264 g/mol. The van der Waals surface area contributed by atoms with E-state index in [-0.39, 0.29) is 10.6 Å². The van der Waals surface area contributed by atoms with Crippen molar-refractivity contribution in [2.45, 2.75) is 29.5 Å². The maximum absolute atomic E-state index is 10.6. The molecule has 2 unspecified atom stereocenters. The van der Waals surface area contributed by atoms with Gasteiger partial charge in [-0.2, -0.15) is 0 Å². The van der Waals surface area contributed by atoms with Gasteiger partial charge < -0.3 is 10.1 Å². The molecule has 5 nitrogen and oxygen atoms in total. The van der Waals surface area contributed by atoms with Crippen LogP contribution >= 0.6 is 11.8 Å². The zero-order chi connectivity index (χ0) is 13.7. The topological polar surface area (TPSA) is 64.4 Å². The van der Waals surface area contributed by atoms with Gasteiger partial charge in [0.1, 0.15) is 0 Å². The molecule has 1 aromatic carbocycles. The first kappa shape index (κ1) is 14.3. The third-order valence-corrected chi connectivity index (χ3v) is 4.42. The minimum Gasteiger partial charge on any atom is -0.380 e. The van der Waals surface area contributed by atoms with Gasteiger partial charge in [0.2, 0.25) is 0 Å². The molecule has 19 heavy (non-hydrogen) atoms. The number of non-ortho nitro benzene ring substituents is 1. The molecule has 1 aliphatic heterocycles. The fraction of sp³-hybridized carbons (Fsp3) is 0.538. The normalized spacial score (nSPS) is 23.2. The predicted octanol–water partition coefficient (Wildman–Crippen LogP) is 2.45. The zero-order valence-electron chi connectivity index (χ0n) is 10.9. The van der Waals surface area contributed by atoms with E-state index in [0.717, 1.165) is 31.1 Å². The summed E-state index contributed by atoms with van der Waals surface area (Å²) < 4.78 is 5.52. The number of benzene rings is 1. The van der Waals surface area contributed by atoms with Crippen molar-refractivity contribution in [3.63, 3.8) is 0 Å². The lowest BCUT2D eigenvalue weighted by Gasteiger charge is -2.31. The van der Waals surface area contributed by atoms with E-state index in [4.69, 9.17) is 4.74 Å². The van der Waals surface area contributed by atoms with Gasteiger partial charge in [-0.1, -0.05) is 6.92 Å². The van der Waals surface area contributed by atoms with Gasteiger partial charge in [0.05, 0.1) is 11.5 Å². The first-order valence-corrected chi connectivity index (χ1v) is 7.31. The van der Waals surface area contributed by atoms with E-state index in [0.29, 0.717) is 11.3 Å². The molecule has 1 aromatic rings. The van der Waals surface area contributed by atoms with Gasteiger partial charge in [-0.05, 0) is 25.1 Å². The van der Waals surface area contributed by atoms with E-state index >= 15 is 0 Å². The van der Waals surface area contributed by atoms with Crippen LogP contribution in [0.4, 0.5) is 5.69 Å². The number of hydrogen-bond donors (Lipinski definition) is 1. The van der Waals surface area contributed by atoms with E-state index in [9.17, 15) is 10.1 Å². The molecule has 6 heteroatoms. The minimum absolute atomic E-state index is 0.132. The van der Waals surface area contributed by atoms with Crippen molar-refractivity contribution in [2.75, 3.05) is 19.8 Å². The van der Waals surface area contributed by atoms with Crippen molar-refractivity contribution < 1.29 is 9.66 Å². The molecule has 0 spiro atoms. The monoisotopic (exact) mass is 282 g/mol. The Kier molecular flexibility index (Phi) is 5.18. The van der Waals surface area contributed by atoms with Crippen LogP contribution in [0.5, 0.6) is 0 Å². The first-order valence-electron chi connectivity index (χ1n) is 6.43. The Morgan fingerprint density at radius 2 is 2.21 bits per heavy atom. The highest BCUT2D eigenvalue weighted by molar-refractivity contribution is 8.00. The average Bonchev–Trinajstić information content (AvgIpc) is 2.42. The maximum atomic E-state index is 10.6. The van der Waals surface area contributed by atoms with Crippen molar-refractivity contribution >= 4 is 17.4 Å². The Balaban J connectivity index is 2.00. The second kappa shape index (κ2) is 6.88. The van der Waals surface area contributed by atoms with E-state index in [1.165, 1.54) is 0 Å². The molecule has 104 valence electrons. The van der Waals surface area contributed by atoms with Gasteiger partial charge in [0.25, 0.3) is 5.69 Å². The molecule has 0 bridgehead atoms. The largest absolute Gasteiger partial charge is 0.380 e. The maximum Gasteiger partial charge on any atom is 0.269 e. The Bertz CT molecular complexity index is 422. The van der Waals surface area contributed by atoms with Crippen molar-refractivity contribution in [1.82, 2.24) is 5.32 Å².